The van der Waals surface area contributed by atoms with Crippen molar-refractivity contribution < 1.29 is 9.59 Å². The molecule has 1 fully saturated rings. The van der Waals surface area contributed by atoms with E-state index in [4.69, 9.17) is 5.73 Å². The van der Waals surface area contributed by atoms with Gasteiger partial charge in [-0.3, -0.25) is 14.5 Å². The Kier molecular flexibility index (Phi) is 5.60. The zero-order valence-corrected chi connectivity index (χ0v) is 14.9. The molecule has 1 aliphatic heterocycles. The first-order chi connectivity index (χ1) is 11.6. The number of primary amides is 1. The fraction of sp³-hybridized carbons (Fsp3) is 0.438. The van der Waals surface area contributed by atoms with Gasteiger partial charge in [0.05, 0.1) is 23.5 Å². The second kappa shape index (κ2) is 7.87. The molecule has 2 aromatic rings. The second-order valence-electron chi connectivity index (χ2n) is 5.88. The first-order valence-corrected chi connectivity index (χ1v) is 9.64. The summed E-state index contributed by atoms with van der Waals surface area (Å²) in [6.07, 6.45) is 2.00. The summed E-state index contributed by atoms with van der Waals surface area (Å²) in [5.74, 6) is -0.297. The summed E-state index contributed by atoms with van der Waals surface area (Å²) in [7, 11) is 0. The summed E-state index contributed by atoms with van der Waals surface area (Å²) in [5, 5.41) is 8.01. The van der Waals surface area contributed by atoms with Crippen molar-refractivity contribution in [1.82, 2.24) is 15.2 Å². The molecule has 2 aromatic heterocycles. The monoisotopic (exact) mass is 364 g/mol. The lowest BCUT2D eigenvalue weighted by molar-refractivity contribution is -0.122. The predicted octanol–water partition coefficient (Wildman–Crippen LogP) is 1.48. The molecule has 1 saturated heterocycles. The highest BCUT2D eigenvalue weighted by atomic mass is 32.1. The van der Waals surface area contributed by atoms with Crippen molar-refractivity contribution in [3.8, 4) is 9.88 Å². The number of thiazole rings is 1. The number of thiophene rings is 1. The van der Waals surface area contributed by atoms with Gasteiger partial charge in [-0.05, 0) is 24.3 Å². The van der Waals surface area contributed by atoms with E-state index in [1.807, 2.05) is 27.8 Å². The van der Waals surface area contributed by atoms with Gasteiger partial charge < -0.3 is 11.1 Å². The minimum Gasteiger partial charge on any atom is -0.369 e. The summed E-state index contributed by atoms with van der Waals surface area (Å²) < 4.78 is 0. The fourth-order valence-corrected chi connectivity index (χ4v) is 4.43. The lowest BCUT2D eigenvalue weighted by atomic mass is 10.0. The van der Waals surface area contributed by atoms with Crippen LogP contribution in [-0.4, -0.2) is 47.4 Å². The number of aromatic nitrogens is 1. The van der Waals surface area contributed by atoms with Gasteiger partial charge in [-0.15, -0.1) is 22.7 Å². The second-order valence-corrected chi connectivity index (χ2v) is 7.69. The molecule has 0 saturated carbocycles. The Bertz CT molecular complexity index is 691. The van der Waals surface area contributed by atoms with Gasteiger partial charge in [0, 0.05) is 24.5 Å². The minimum atomic E-state index is -0.303. The van der Waals surface area contributed by atoms with Crippen LogP contribution in [-0.2, 0) is 16.0 Å². The maximum absolute atomic E-state index is 12.2. The molecule has 3 heterocycles. The average Bonchev–Trinajstić information content (AvgIpc) is 3.19. The third kappa shape index (κ3) is 4.62. The van der Waals surface area contributed by atoms with Gasteiger partial charge in [0.15, 0.2) is 0 Å². The molecular formula is C16H20N4O2S2. The lowest BCUT2D eigenvalue weighted by Gasteiger charge is -2.31. The molecule has 3 rings (SSSR count). The van der Waals surface area contributed by atoms with Gasteiger partial charge in [-0.1, -0.05) is 6.07 Å². The van der Waals surface area contributed by atoms with Crippen molar-refractivity contribution in [3.63, 3.8) is 0 Å². The number of rotatable bonds is 6. The van der Waals surface area contributed by atoms with Gasteiger partial charge in [0.1, 0.15) is 5.01 Å². The van der Waals surface area contributed by atoms with E-state index in [-0.39, 0.29) is 17.9 Å². The van der Waals surface area contributed by atoms with Crippen LogP contribution in [0, 0.1) is 0 Å². The minimum absolute atomic E-state index is 0.00591. The average molecular weight is 364 g/mol. The molecule has 0 aromatic carbocycles. The number of nitrogens with one attached hydrogen (secondary N) is 1. The van der Waals surface area contributed by atoms with Gasteiger partial charge in [-0.2, -0.15) is 0 Å². The molecule has 8 heteroatoms. The first kappa shape index (κ1) is 17.1. The van der Waals surface area contributed by atoms with Gasteiger partial charge in [0.2, 0.25) is 11.8 Å². The molecule has 0 bridgehead atoms. The summed E-state index contributed by atoms with van der Waals surface area (Å²) >= 11 is 3.22. The maximum Gasteiger partial charge on any atom is 0.231 e. The quantitative estimate of drug-likeness (QED) is 0.813. The molecule has 0 spiro atoms. The van der Waals surface area contributed by atoms with Crippen molar-refractivity contribution >= 4 is 34.5 Å². The Morgan fingerprint density at radius 3 is 2.79 bits per heavy atom. The van der Waals surface area contributed by atoms with Crippen LogP contribution in [0.15, 0.2) is 22.9 Å². The summed E-state index contributed by atoms with van der Waals surface area (Å²) in [6.45, 7) is 1.87. The van der Waals surface area contributed by atoms with Crippen LogP contribution >= 0.6 is 22.7 Å². The number of nitrogens with zero attached hydrogens (tertiary/aromatic N) is 2. The van der Waals surface area contributed by atoms with E-state index < -0.39 is 0 Å². The molecule has 0 unspecified atom stereocenters. The van der Waals surface area contributed by atoms with Crippen LogP contribution in [0.3, 0.4) is 0 Å². The largest absolute Gasteiger partial charge is 0.369 e. The molecule has 0 atom stereocenters. The lowest BCUT2D eigenvalue weighted by Crippen LogP contribution is -2.47. The van der Waals surface area contributed by atoms with Crippen LogP contribution in [0.2, 0.25) is 0 Å². The van der Waals surface area contributed by atoms with E-state index in [0.29, 0.717) is 13.0 Å². The third-order valence-electron chi connectivity index (χ3n) is 3.96. The van der Waals surface area contributed by atoms with Gasteiger partial charge in [0.25, 0.3) is 0 Å². The molecule has 0 aliphatic carbocycles. The Hall–Kier alpha value is -1.77. The molecule has 2 amide bonds. The predicted molar refractivity (Wildman–Crippen MR) is 95.9 cm³/mol. The number of hydrogen-bond acceptors (Lipinski definition) is 6. The zero-order chi connectivity index (χ0) is 16.9. The van der Waals surface area contributed by atoms with Crippen molar-refractivity contribution in [2.45, 2.75) is 25.3 Å². The number of nitrogens with two attached hydrogens (primary N) is 1. The number of carbonyl (C=O) groups excluding carboxylic acids is 2. The smallest absolute Gasteiger partial charge is 0.231 e. The number of hydrogen-bond donors (Lipinski definition) is 2. The van der Waals surface area contributed by atoms with Crippen molar-refractivity contribution in [1.29, 1.82) is 0 Å². The van der Waals surface area contributed by atoms with Crippen LogP contribution < -0.4 is 11.1 Å². The van der Waals surface area contributed by atoms with Crippen molar-refractivity contribution in [2.24, 2.45) is 5.73 Å². The van der Waals surface area contributed by atoms with Crippen LogP contribution in [0.5, 0.6) is 0 Å². The third-order valence-corrected chi connectivity index (χ3v) is 5.89. The van der Waals surface area contributed by atoms with Crippen LogP contribution in [0.25, 0.3) is 9.88 Å². The van der Waals surface area contributed by atoms with E-state index in [9.17, 15) is 9.59 Å². The van der Waals surface area contributed by atoms with Gasteiger partial charge >= 0.3 is 0 Å². The Labute approximate surface area is 148 Å². The van der Waals surface area contributed by atoms with E-state index >= 15 is 0 Å². The molecule has 3 N–H and O–H groups in total. The molecule has 0 radical (unpaired) electrons. The summed E-state index contributed by atoms with van der Waals surface area (Å²) in [4.78, 5) is 30.8. The highest BCUT2D eigenvalue weighted by molar-refractivity contribution is 7.20. The van der Waals surface area contributed by atoms with Crippen molar-refractivity contribution in [2.75, 3.05) is 19.6 Å². The molecule has 1 aliphatic rings. The zero-order valence-electron chi connectivity index (χ0n) is 13.2. The highest BCUT2D eigenvalue weighted by Gasteiger charge is 2.21. The van der Waals surface area contributed by atoms with Crippen LogP contribution in [0.4, 0.5) is 0 Å². The van der Waals surface area contributed by atoms with E-state index in [2.05, 4.69) is 10.3 Å². The Morgan fingerprint density at radius 2 is 2.12 bits per heavy atom. The highest BCUT2D eigenvalue weighted by Crippen LogP contribution is 2.27. The molecule has 6 nitrogen and oxygen atoms in total. The van der Waals surface area contributed by atoms with Crippen LogP contribution in [0.1, 0.15) is 18.5 Å². The normalized spacial score (nSPS) is 16.2. The Morgan fingerprint density at radius 1 is 1.33 bits per heavy atom. The van der Waals surface area contributed by atoms with E-state index in [0.717, 1.165) is 41.5 Å². The number of likely N-dealkylation sites (tertiary alicyclic amines) is 1. The maximum atomic E-state index is 12.2. The molecular weight excluding hydrogens is 344 g/mol. The summed E-state index contributed by atoms with van der Waals surface area (Å²) in [6, 6.07) is 4.20. The van der Waals surface area contributed by atoms with Crippen molar-refractivity contribution in [3.05, 3.63) is 28.6 Å². The summed E-state index contributed by atoms with van der Waals surface area (Å²) in [5.41, 5.74) is 6.02. The number of piperidine rings is 1. The number of amides is 2. The molecule has 24 heavy (non-hydrogen) atoms. The van der Waals surface area contributed by atoms with E-state index in [1.54, 1.807) is 22.7 Å². The fourth-order valence-electron chi connectivity index (χ4n) is 2.80. The SMILES string of the molecule is NC(=O)CN1CCC(NC(=O)Cc2csc(-c3cccs3)n2)CC1. The number of carbonyl (C=O) groups is 2. The Balaban J connectivity index is 1.46. The standard InChI is InChI=1S/C16H20N4O2S2/c17-14(21)9-20-5-3-11(4-6-20)18-15(22)8-12-10-24-16(19-12)13-2-1-7-23-13/h1-2,7,10-11H,3-6,8-9H2,(H2,17,21)(H,18,22). The van der Waals surface area contributed by atoms with E-state index in [1.165, 1.54) is 0 Å². The first-order valence-electron chi connectivity index (χ1n) is 7.88. The van der Waals surface area contributed by atoms with Gasteiger partial charge in [-0.25, -0.2) is 4.98 Å². The molecule has 128 valence electrons. The topological polar surface area (TPSA) is 88.3 Å².